The fourth-order valence-corrected chi connectivity index (χ4v) is 2.72. The molecule has 0 bridgehead atoms. The Morgan fingerprint density at radius 1 is 1.35 bits per heavy atom. The first-order chi connectivity index (χ1) is 11.0. The minimum atomic E-state index is -0.434. The van der Waals surface area contributed by atoms with Gasteiger partial charge in [-0.25, -0.2) is 0 Å². The van der Waals surface area contributed by atoms with Crippen LogP contribution in [0.4, 0.5) is 5.69 Å². The summed E-state index contributed by atoms with van der Waals surface area (Å²) in [5.74, 6) is 0. The highest BCUT2D eigenvalue weighted by Crippen LogP contribution is 2.35. The molecule has 0 atom stereocenters. The summed E-state index contributed by atoms with van der Waals surface area (Å²) in [7, 11) is 0. The predicted molar refractivity (Wildman–Crippen MR) is 96.2 cm³/mol. The minimum Gasteiger partial charge on any atom is -0.375 e. The maximum atomic E-state index is 11.3. The summed E-state index contributed by atoms with van der Waals surface area (Å²) in [6, 6.07) is 11.9. The van der Waals surface area contributed by atoms with Gasteiger partial charge in [0.25, 0.3) is 5.69 Å². The van der Waals surface area contributed by atoms with Crippen molar-refractivity contribution in [2.45, 2.75) is 9.79 Å². The number of hydrazone groups is 1. The lowest BCUT2D eigenvalue weighted by atomic mass is 10.2. The van der Waals surface area contributed by atoms with Crippen molar-refractivity contribution in [3.8, 4) is 0 Å². The van der Waals surface area contributed by atoms with Crippen molar-refractivity contribution in [1.29, 1.82) is 0 Å². The monoisotopic (exact) mass is 366 g/mol. The zero-order chi connectivity index (χ0) is 16.8. The molecule has 2 rings (SSSR count). The van der Waals surface area contributed by atoms with Crippen LogP contribution in [0.2, 0.25) is 5.02 Å². The second-order valence-electron chi connectivity index (χ2n) is 4.27. The van der Waals surface area contributed by atoms with Crippen molar-refractivity contribution in [3.05, 3.63) is 63.2 Å². The summed E-state index contributed by atoms with van der Waals surface area (Å²) < 4.78 is 0. The van der Waals surface area contributed by atoms with Crippen molar-refractivity contribution >= 4 is 52.6 Å². The molecule has 0 radical (unpaired) electrons. The van der Waals surface area contributed by atoms with Gasteiger partial charge in [-0.3, -0.25) is 15.5 Å². The molecule has 0 fully saturated rings. The van der Waals surface area contributed by atoms with E-state index in [1.165, 1.54) is 24.0 Å². The number of nitrogens with two attached hydrogens (primary N) is 1. The third-order valence-electron chi connectivity index (χ3n) is 2.61. The zero-order valence-corrected chi connectivity index (χ0v) is 14.0. The van der Waals surface area contributed by atoms with E-state index >= 15 is 0 Å². The van der Waals surface area contributed by atoms with E-state index in [1.54, 1.807) is 36.4 Å². The van der Waals surface area contributed by atoms with E-state index in [2.05, 4.69) is 22.7 Å². The van der Waals surface area contributed by atoms with Crippen LogP contribution in [-0.2, 0) is 0 Å². The molecule has 0 unspecified atom stereocenters. The third-order valence-corrected chi connectivity index (χ3v) is 4.03. The number of nitrogens with zero attached hydrogens (tertiary/aromatic N) is 2. The Balaban J connectivity index is 2.25. The molecule has 0 aliphatic rings. The number of halogens is 1. The Hall–Kier alpha value is -2.16. The van der Waals surface area contributed by atoms with E-state index in [4.69, 9.17) is 17.3 Å². The lowest BCUT2D eigenvalue weighted by Crippen LogP contribution is -2.23. The number of hydrogen-bond donors (Lipinski definition) is 2. The predicted octanol–water partition coefficient (Wildman–Crippen LogP) is 3.57. The number of rotatable bonds is 5. The van der Waals surface area contributed by atoms with E-state index < -0.39 is 4.92 Å². The Labute approximate surface area is 146 Å². The van der Waals surface area contributed by atoms with Gasteiger partial charge in [-0.05, 0) is 42.5 Å². The molecule has 0 aliphatic carbocycles. The van der Waals surface area contributed by atoms with Crippen molar-refractivity contribution in [1.82, 2.24) is 5.43 Å². The lowest BCUT2D eigenvalue weighted by Gasteiger charge is -2.04. The van der Waals surface area contributed by atoms with Gasteiger partial charge in [0.15, 0.2) is 5.11 Å². The van der Waals surface area contributed by atoms with Gasteiger partial charge in [0.05, 0.1) is 16.0 Å². The summed E-state index contributed by atoms with van der Waals surface area (Å²) in [5, 5.41) is 15.7. The Morgan fingerprint density at radius 3 is 2.65 bits per heavy atom. The fraction of sp³-hybridized carbons (Fsp3) is 0. The summed E-state index contributed by atoms with van der Waals surface area (Å²) >= 11 is 11.7. The van der Waals surface area contributed by atoms with Gasteiger partial charge in [0.1, 0.15) is 0 Å². The Bertz CT molecular complexity index is 766. The highest BCUT2D eigenvalue weighted by molar-refractivity contribution is 7.99. The molecular weight excluding hydrogens is 356 g/mol. The molecule has 0 spiro atoms. The van der Waals surface area contributed by atoms with Crippen molar-refractivity contribution < 1.29 is 4.92 Å². The minimum absolute atomic E-state index is 0.00998. The first kappa shape index (κ1) is 17.2. The van der Waals surface area contributed by atoms with E-state index in [-0.39, 0.29) is 10.8 Å². The number of benzene rings is 2. The first-order valence-corrected chi connectivity index (χ1v) is 7.86. The van der Waals surface area contributed by atoms with Crippen molar-refractivity contribution in [2.75, 3.05) is 0 Å². The fourth-order valence-electron chi connectivity index (χ4n) is 1.64. The number of nitro groups is 1. The molecule has 3 N–H and O–H groups in total. The second kappa shape index (κ2) is 7.91. The summed E-state index contributed by atoms with van der Waals surface area (Å²) in [6.07, 6.45) is 1.41. The number of nitro benzene ring substituents is 1. The average molecular weight is 367 g/mol. The van der Waals surface area contributed by atoms with E-state index in [9.17, 15) is 10.1 Å². The van der Waals surface area contributed by atoms with Crippen LogP contribution in [0.15, 0.2) is 57.4 Å². The van der Waals surface area contributed by atoms with E-state index in [0.717, 1.165) is 4.90 Å². The van der Waals surface area contributed by atoms with Crippen LogP contribution >= 0.6 is 35.6 Å². The summed E-state index contributed by atoms with van der Waals surface area (Å²) in [4.78, 5) is 12.2. The molecule has 0 amide bonds. The molecule has 6 nitrogen and oxygen atoms in total. The van der Waals surface area contributed by atoms with Crippen LogP contribution in [0.25, 0.3) is 0 Å². The highest BCUT2D eigenvalue weighted by atomic mass is 35.5. The molecule has 0 aromatic heterocycles. The zero-order valence-electron chi connectivity index (χ0n) is 11.6. The molecule has 0 saturated carbocycles. The Kier molecular flexibility index (Phi) is 5.91. The number of thiocarbonyl (C=S) groups is 1. The van der Waals surface area contributed by atoms with Gasteiger partial charge in [-0.2, -0.15) is 5.10 Å². The van der Waals surface area contributed by atoms with Crippen LogP contribution in [0.5, 0.6) is 0 Å². The van der Waals surface area contributed by atoms with Crippen LogP contribution in [0.3, 0.4) is 0 Å². The molecule has 2 aromatic rings. The second-order valence-corrected chi connectivity index (χ2v) is 6.27. The highest BCUT2D eigenvalue weighted by Gasteiger charge is 2.15. The number of nitrogens with one attached hydrogen (secondary N) is 1. The molecule has 9 heteroatoms. The van der Waals surface area contributed by atoms with Gasteiger partial charge in [0, 0.05) is 21.5 Å². The van der Waals surface area contributed by atoms with E-state index in [1.807, 2.05) is 0 Å². The SMILES string of the molecule is NC(=S)N/N=C\c1ccc(Sc2ccc(Cl)cc2)c([N+](=O)[O-])c1. The van der Waals surface area contributed by atoms with Crippen LogP contribution < -0.4 is 11.2 Å². The standard InChI is InChI=1S/C14H11ClN4O2S2/c15-10-2-4-11(5-3-10)23-13-6-1-9(7-12(13)19(20)21)8-17-18-14(16)22/h1-8H,(H3,16,18,22)/b17-8-. The largest absolute Gasteiger partial charge is 0.375 e. The molecule has 0 saturated heterocycles. The van der Waals surface area contributed by atoms with Crippen LogP contribution in [0, 0.1) is 10.1 Å². The van der Waals surface area contributed by atoms with E-state index in [0.29, 0.717) is 15.5 Å². The maximum Gasteiger partial charge on any atom is 0.283 e. The quantitative estimate of drug-likeness (QED) is 0.363. The molecule has 23 heavy (non-hydrogen) atoms. The lowest BCUT2D eigenvalue weighted by molar-refractivity contribution is -0.387. The molecule has 0 heterocycles. The van der Waals surface area contributed by atoms with Gasteiger partial charge >= 0.3 is 0 Å². The van der Waals surface area contributed by atoms with Gasteiger partial charge in [0.2, 0.25) is 0 Å². The third kappa shape index (κ3) is 5.20. The summed E-state index contributed by atoms with van der Waals surface area (Å²) in [5.41, 5.74) is 8.18. The van der Waals surface area contributed by atoms with Gasteiger partial charge in [-0.1, -0.05) is 29.4 Å². The average Bonchev–Trinajstić information content (AvgIpc) is 2.50. The smallest absolute Gasteiger partial charge is 0.283 e. The topological polar surface area (TPSA) is 93.5 Å². The maximum absolute atomic E-state index is 11.3. The molecule has 2 aromatic carbocycles. The Morgan fingerprint density at radius 2 is 2.04 bits per heavy atom. The summed E-state index contributed by atoms with van der Waals surface area (Å²) in [6.45, 7) is 0. The van der Waals surface area contributed by atoms with Crippen molar-refractivity contribution in [2.24, 2.45) is 10.8 Å². The first-order valence-electron chi connectivity index (χ1n) is 6.26. The van der Waals surface area contributed by atoms with Gasteiger partial charge in [-0.15, -0.1) is 0 Å². The molecule has 118 valence electrons. The molecule has 0 aliphatic heterocycles. The van der Waals surface area contributed by atoms with Crippen LogP contribution in [-0.4, -0.2) is 16.3 Å². The normalized spacial score (nSPS) is 10.7. The van der Waals surface area contributed by atoms with Gasteiger partial charge < -0.3 is 5.73 Å². The number of hydrogen-bond acceptors (Lipinski definition) is 5. The van der Waals surface area contributed by atoms with Crippen molar-refractivity contribution in [3.63, 3.8) is 0 Å². The van der Waals surface area contributed by atoms with Crippen LogP contribution in [0.1, 0.15) is 5.56 Å². The molecular formula is C14H11ClN4O2S2.